The van der Waals surface area contributed by atoms with Crippen molar-refractivity contribution in [2.24, 2.45) is 5.41 Å². The van der Waals surface area contributed by atoms with Crippen LogP contribution in [-0.4, -0.2) is 50.5 Å². The summed E-state index contributed by atoms with van der Waals surface area (Å²) in [6.07, 6.45) is 2.64. The largest absolute Gasteiger partial charge is 0.335 e. The van der Waals surface area contributed by atoms with E-state index < -0.39 is 10.0 Å². The molecule has 0 unspecified atom stereocenters. The fourth-order valence-corrected chi connectivity index (χ4v) is 2.81. The summed E-state index contributed by atoms with van der Waals surface area (Å²) in [5, 5.41) is 0.0955. The second kappa shape index (κ2) is 5.16. The molecule has 0 aliphatic heterocycles. The van der Waals surface area contributed by atoms with Crippen LogP contribution in [0.25, 0.3) is 0 Å². The molecule has 0 aliphatic rings. The molecule has 1 aromatic heterocycles. The van der Waals surface area contributed by atoms with Crippen LogP contribution in [0.2, 0.25) is 0 Å². The zero-order valence-corrected chi connectivity index (χ0v) is 11.5. The number of hydrogen-bond donors (Lipinski definition) is 2. The van der Waals surface area contributed by atoms with Gasteiger partial charge in [-0.15, -0.1) is 0 Å². The third-order valence-electron chi connectivity index (χ3n) is 2.25. The van der Waals surface area contributed by atoms with Crippen molar-refractivity contribution in [3.8, 4) is 0 Å². The van der Waals surface area contributed by atoms with Gasteiger partial charge in [0.25, 0.3) is 10.0 Å². The normalized spacial score (nSPS) is 13.2. The zero-order valence-electron chi connectivity index (χ0n) is 10.7. The van der Waals surface area contributed by atoms with Crippen molar-refractivity contribution in [1.29, 1.82) is 0 Å². The van der Waals surface area contributed by atoms with Gasteiger partial charge in [0.1, 0.15) is 0 Å². The summed E-state index contributed by atoms with van der Waals surface area (Å²) < 4.78 is 26.2. The van der Waals surface area contributed by atoms with Gasteiger partial charge >= 0.3 is 0 Å². The summed E-state index contributed by atoms with van der Waals surface area (Å²) in [5.41, 5.74) is -0.128. The Labute approximate surface area is 102 Å². The number of nitrogens with one attached hydrogen (secondary N) is 2. The first-order chi connectivity index (χ1) is 7.73. The van der Waals surface area contributed by atoms with E-state index >= 15 is 0 Å². The van der Waals surface area contributed by atoms with Gasteiger partial charge in [0.05, 0.1) is 12.5 Å². The van der Waals surface area contributed by atoms with Crippen LogP contribution in [0.15, 0.2) is 17.6 Å². The molecule has 1 heterocycles. The predicted molar refractivity (Wildman–Crippen MR) is 66.1 cm³/mol. The summed E-state index contributed by atoms with van der Waals surface area (Å²) >= 11 is 0. The Kier molecular flexibility index (Phi) is 4.29. The maximum atomic E-state index is 11.8. The number of aromatic amines is 1. The van der Waals surface area contributed by atoms with Gasteiger partial charge in [-0.3, -0.25) is 0 Å². The minimum Gasteiger partial charge on any atom is -0.335 e. The van der Waals surface area contributed by atoms with E-state index in [0.717, 1.165) is 6.54 Å². The second-order valence-electron chi connectivity index (χ2n) is 5.14. The van der Waals surface area contributed by atoms with E-state index in [4.69, 9.17) is 0 Å². The summed E-state index contributed by atoms with van der Waals surface area (Å²) in [7, 11) is 0.454. The summed E-state index contributed by atoms with van der Waals surface area (Å²) in [6.45, 7) is 5.22. The summed E-state index contributed by atoms with van der Waals surface area (Å²) in [6, 6.07) is 0. The summed E-state index contributed by atoms with van der Waals surface area (Å²) in [5.74, 6) is 0. The van der Waals surface area contributed by atoms with Crippen molar-refractivity contribution < 1.29 is 8.42 Å². The maximum Gasteiger partial charge on any atom is 0.257 e. The molecule has 17 heavy (non-hydrogen) atoms. The highest BCUT2D eigenvalue weighted by Gasteiger charge is 2.23. The van der Waals surface area contributed by atoms with Crippen LogP contribution in [0, 0.1) is 5.41 Å². The van der Waals surface area contributed by atoms with Crippen LogP contribution in [0.5, 0.6) is 0 Å². The van der Waals surface area contributed by atoms with Gasteiger partial charge < -0.3 is 9.88 Å². The summed E-state index contributed by atoms with van der Waals surface area (Å²) in [4.78, 5) is 8.31. The van der Waals surface area contributed by atoms with Crippen molar-refractivity contribution >= 4 is 10.0 Å². The fraction of sp³-hybridized carbons (Fsp3) is 0.700. The minimum absolute atomic E-state index is 0.0955. The molecule has 0 spiro atoms. The van der Waals surface area contributed by atoms with Gasteiger partial charge in [0, 0.05) is 13.1 Å². The van der Waals surface area contributed by atoms with Crippen LogP contribution in [0.1, 0.15) is 13.8 Å². The first kappa shape index (κ1) is 14.1. The van der Waals surface area contributed by atoms with Gasteiger partial charge in [0.2, 0.25) is 0 Å². The smallest absolute Gasteiger partial charge is 0.257 e. The number of aromatic nitrogens is 2. The quantitative estimate of drug-likeness (QED) is 0.770. The number of rotatable bonds is 6. The van der Waals surface area contributed by atoms with E-state index in [1.807, 2.05) is 32.8 Å². The minimum atomic E-state index is -3.47. The molecule has 6 nitrogen and oxygen atoms in total. The molecule has 7 heteroatoms. The lowest BCUT2D eigenvalue weighted by atomic mass is 9.93. The number of hydrogen-bond acceptors (Lipinski definition) is 4. The van der Waals surface area contributed by atoms with E-state index in [2.05, 4.69) is 14.7 Å². The van der Waals surface area contributed by atoms with E-state index in [1.54, 1.807) is 0 Å². The lowest BCUT2D eigenvalue weighted by molar-refractivity contribution is 0.242. The Bertz CT molecular complexity index is 437. The number of imidazole rings is 1. The van der Waals surface area contributed by atoms with E-state index in [9.17, 15) is 8.42 Å². The van der Waals surface area contributed by atoms with E-state index in [1.165, 1.54) is 12.5 Å². The molecule has 0 atom stereocenters. The molecule has 2 N–H and O–H groups in total. The average Bonchev–Trinajstić information content (AvgIpc) is 2.66. The molecule has 1 aromatic rings. The predicted octanol–water partition coefficient (Wildman–Crippen LogP) is 0.276. The Morgan fingerprint density at radius 1 is 1.47 bits per heavy atom. The van der Waals surface area contributed by atoms with Crippen LogP contribution in [0.4, 0.5) is 0 Å². The Morgan fingerprint density at radius 2 is 2.12 bits per heavy atom. The fourth-order valence-electron chi connectivity index (χ4n) is 1.67. The van der Waals surface area contributed by atoms with Crippen LogP contribution in [0.3, 0.4) is 0 Å². The van der Waals surface area contributed by atoms with Gasteiger partial charge in [0.15, 0.2) is 5.03 Å². The molecule has 0 saturated carbocycles. The lowest BCUT2D eigenvalue weighted by Gasteiger charge is -2.28. The molecule has 0 bridgehead atoms. The first-order valence-corrected chi connectivity index (χ1v) is 6.84. The van der Waals surface area contributed by atoms with Crippen molar-refractivity contribution in [1.82, 2.24) is 19.6 Å². The van der Waals surface area contributed by atoms with Gasteiger partial charge in [-0.05, 0) is 19.5 Å². The SMILES string of the molecule is CN(C)CC(C)(C)CNS(=O)(=O)c1cnc[nH]1. The second-order valence-corrected chi connectivity index (χ2v) is 6.88. The molecule has 1 rings (SSSR count). The highest BCUT2D eigenvalue weighted by Crippen LogP contribution is 2.15. The third-order valence-corrected chi connectivity index (χ3v) is 3.57. The Hall–Kier alpha value is -0.920. The third kappa shape index (κ3) is 4.45. The van der Waals surface area contributed by atoms with Gasteiger partial charge in [-0.2, -0.15) is 0 Å². The first-order valence-electron chi connectivity index (χ1n) is 5.36. The zero-order chi connectivity index (χ0) is 13.1. The Morgan fingerprint density at radius 3 is 2.59 bits per heavy atom. The lowest BCUT2D eigenvalue weighted by Crippen LogP contribution is -2.40. The Balaban J connectivity index is 2.62. The molecule has 0 fully saturated rings. The number of sulfonamides is 1. The molecule has 0 radical (unpaired) electrons. The average molecular weight is 260 g/mol. The van der Waals surface area contributed by atoms with Gasteiger partial charge in [-0.25, -0.2) is 18.1 Å². The van der Waals surface area contributed by atoms with Crippen LogP contribution >= 0.6 is 0 Å². The maximum absolute atomic E-state index is 11.8. The number of nitrogens with zero attached hydrogens (tertiary/aromatic N) is 2. The van der Waals surface area contributed by atoms with E-state index in [0.29, 0.717) is 6.54 Å². The monoisotopic (exact) mass is 260 g/mol. The van der Waals surface area contributed by atoms with E-state index in [-0.39, 0.29) is 10.4 Å². The van der Waals surface area contributed by atoms with Crippen LogP contribution < -0.4 is 4.72 Å². The molecule has 0 aliphatic carbocycles. The van der Waals surface area contributed by atoms with Crippen LogP contribution in [-0.2, 0) is 10.0 Å². The van der Waals surface area contributed by atoms with Gasteiger partial charge in [-0.1, -0.05) is 13.8 Å². The highest BCUT2D eigenvalue weighted by molar-refractivity contribution is 7.89. The molecular formula is C10H20N4O2S. The van der Waals surface area contributed by atoms with Crippen molar-refractivity contribution in [2.45, 2.75) is 18.9 Å². The molecule has 0 amide bonds. The highest BCUT2D eigenvalue weighted by atomic mass is 32.2. The molecular weight excluding hydrogens is 240 g/mol. The van der Waals surface area contributed by atoms with Crippen molar-refractivity contribution in [2.75, 3.05) is 27.2 Å². The molecule has 98 valence electrons. The molecule has 0 aromatic carbocycles. The number of H-pyrrole nitrogens is 1. The van der Waals surface area contributed by atoms with Crippen molar-refractivity contribution in [3.05, 3.63) is 12.5 Å². The molecule has 0 saturated heterocycles. The topological polar surface area (TPSA) is 78.1 Å². The standard InChI is InChI=1S/C10H20N4O2S/c1-10(2,7-14(3)4)6-13-17(15,16)9-5-11-8-12-9/h5,8,13H,6-7H2,1-4H3,(H,11,12). The van der Waals surface area contributed by atoms with Crippen molar-refractivity contribution in [3.63, 3.8) is 0 Å².